The molecule has 0 aliphatic carbocycles. The molecule has 1 saturated heterocycles. The summed E-state index contributed by atoms with van der Waals surface area (Å²) in [5.74, 6) is -2.90. The van der Waals surface area contributed by atoms with Gasteiger partial charge in [0.05, 0.1) is 63.4 Å². The first-order valence-corrected chi connectivity index (χ1v) is 34.8. The van der Waals surface area contributed by atoms with Crippen molar-refractivity contribution in [2.24, 2.45) is 30.4 Å². The number of nitrogens with zero attached hydrogens (tertiary/aromatic N) is 10. The van der Waals surface area contributed by atoms with Crippen LogP contribution in [0.1, 0.15) is 54.4 Å². The number of rotatable bonds is 20. The summed E-state index contributed by atoms with van der Waals surface area (Å²) in [6, 6.07) is 21.3. The number of hydrogen-bond donors (Lipinski definition) is 11. The van der Waals surface area contributed by atoms with Crippen molar-refractivity contribution in [1.82, 2.24) is 34.5 Å². The largest absolute Gasteiger partial charge is 0.478 e. The van der Waals surface area contributed by atoms with Gasteiger partial charge in [-0.05, 0) is 121 Å². The summed E-state index contributed by atoms with van der Waals surface area (Å²) in [5.41, 5.74) is -5.87. The van der Waals surface area contributed by atoms with Crippen LogP contribution in [0.15, 0.2) is 180 Å². The summed E-state index contributed by atoms with van der Waals surface area (Å²) in [7, 11) is -25.3. The zero-order valence-electron chi connectivity index (χ0n) is 49.9. The van der Waals surface area contributed by atoms with Gasteiger partial charge in [-0.2, -0.15) is 47.1 Å². The topological polar surface area (TPSA) is 553 Å². The number of aromatic nitrogens is 7. The van der Waals surface area contributed by atoms with E-state index in [0.29, 0.717) is 6.07 Å². The Bertz CT molecular complexity index is 5820. The van der Waals surface area contributed by atoms with E-state index in [4.69, 9.17) is 4.74 Å². The van der Waals surface area contributed by atoms with Gasteiger partial charge in [-0.3, -0.25) is 52.5 Å². The van der Waals surface area contributed by atoms with Crippen LogP contribution in [0.2, 0.25) is 0 Å². The lowest BCUT2D eigenvalue weighted by atomic mass is 10.1. The molecule has 0 saturated carbocycles. The summed E-state index contributed by atoms with van der Waals surface area (Å²) in [6.07, 6.45) is 4.46. The van der Waals surface area contributed by atoms with Crippen molar-refractivity contribution in [3.05, 3.63) is 192 Å². The van der Waals surface area contributed by atoms with Gasteiger partial charge in [-0.15, -0.1) is 20.5 Å². The smallest absolute Gasteiger partial charge is 0.338 e. The van der Waals surface area contributed by atoms with Gasteiger partial charge in [0.15, 0.2) is 11.4 Å². The molecule has 11 N–H and O–H groups in total. The van der Waals surface area contributed by atoms with Crippen molar-refractivity contribution in [2.45, 2.75) is 38.3 Å². The second-order valence-corrected chi connectivity index (χ2v) is 27.8. The number of hydrogen-bond acceptors (Lipinski definition) is 23. The SMILES string of the molecule is Cc1[nH]n(-c2ccc(/C=C/c3ccc(N=c4[nH]c(N5CCOCC5)nc(=Nc5ccc(/C=C/c6cc(-n7[nH]c(C)c(N=Nc8ccc(S(=O)(=O)O)cc8C(=O)O)c7=O)ccc6S(=O)(=O)O)c(S(=O)(=O)O)c5)[nH]4)c(S(=O)(=O)O)c3)c(S(=O)(=O)O)c2)c(=O)c1N=Nc1ccccc1C(=O)O. The van der Waals surface area contributed by atoms with E-state index in [1.807, 2.05) is 0 Å². The number of aromatic carboxylic acids is 2. The van der Waals surface area contributed by atoms with Crippen molar-refractivity contribution in [1.29, 1.82) is 0 Å². The lowest BCUT2D eigenvalue weighted by Crippen LogP contribution is -2.40. The van der Waals surface area contributed by atoms with E-state index >= 15 is 0 Å². The zero-order chi connectivity index (χ0) is 71.0. The third-order valence-electron chi connectivity index (χ3n) is 14.2. The number of azo groups is 2. The maximum absolute atomic E-state index is 13.7. The minimum absolute atomic E-state index is 0.0255. The van der Waals surface area contributed by atoms with Crippen LogP contribution < -0.4 is 27.3 Å². The lowest BCUT2D eigenvalue weighted by Gasteiger charge is -2.26. The highest BCUT2D eigenvalue weighted by Gasteiger charge is 2.25. The normalized spacial score (nSPS) is 14.1. The molecular formula is C57H48N14O22S5. The maximum Gasteiger partial charge on any atom is 0.338 e. The first-order valence-electron chi connectivity index (χ1n) is 27.6. The van der Waals surface area contributed by atoms with Crippen LogP contribution >= 0.6 is 0 Å². The monoisotopic (exact) mass is 1440 g/mol. The van der Waals surface area contributed by atoms with Crippen molar-refractivity contribution in [3.8, 4) is 11.4 Å². The number of carboxylic acid groups (broad SMARTS) is 2. The van der Waals surface area contributed by atoms with Crippen LogP contribution in [-0.2, 0) is 55.3 Å². The molecule has 1 aliphatic rings. The summed E-state index contributed by atoms with van der Waals surface area (Å²) < 4.78 is 185. The molecule has 1 aliphatic heterocycles. The van der Waals surface area contributed by atoms with Gasteiger partial charge in [0.2, 0.25) is 17.2 Å². The Balaban J connectivity index is 0.969. The predicted octanol–water partition coefficient (Wildman–Crippen LogP) is 6.42. The number of benzene rings is 6. The van der Waals surface area contributed by atoms with Crippen LogP contribution in [0, 0.1) is 13.8 Å². The molecular weight excluding hydrogens is 1390 g/mol. The van der Waals surface area contributed by atoms with Crippen LogP contribution in [0.3, 0.4) is 0 Å². The molecule has 1 fully saturated rings. The summed E-state index contributed by atoms with van der Waals surface area (Å²) in [4.78, 5) is 67.6. The van der Waals surface area contributed by atoms with E-state index < -0.39 is 121 Å². The van der Waals surface area contributed by atoms with Gasteiger partial charge in [0, 0.05) is 13.1 Å². The second-order valence-electron chi connectivity index (χ2n) is 20.8. The van der Waals surface area contributed by atoms with E-state index in [-0.39, 0.29) is 111 Å². The summed E-state index contributed by atoms with van der Waals surface area (Å²) >= 11 is 0. The Morgan fingerprint density at radius 2 is 1.04 bits per heavy atom. The van der Waals surface area contributed by atoms with Gasteiger partial charge in [0.1, 0.15) is 31.0 Å². The van der Waals surface area contributed by atoms with Crippen molar-refractivity contribution in [2.75, 3.05) is 31.2 Å². The first kappa shape index (κ1) is 69.7. The van der Waals surface area contributed by atoms with Crippen LogP contribution in [0.25, 0.3) is 35.7 Å². The summed E-state index contributed by atoms with van der Waals surface area (Å²) in [6.45, 7) is 3.76. The molecule has 0 spiro atoms. The van der Waals surface area contributed by atoms with Crippen molar-refractivity contribution in [3.63, 3.8) is 0 Å². The van der Waals surface area contributed by atoms with Crippen LogP contribution in [0.5, 0.6) is 0 Å². The zero-order valence-corrected chi connectivity index (χ0v) is 54.0. The Morgan fingerprint density at radius 3 is 1.63 bits per heavy atom. The van der Waals surface area contributed by atoms with E-state index in [2.05, 4.69) is 55.6 Å². The average molecular weight is 1440 g/mol. The Morgan fingerprint density at radius 1 is 0.510 bits per heavy atom. The number of aryl methyl sites for hydroxylation is 2. The van der Waals surface area contributed by atoms with Crippen LogP contribution in [0.4, 0.5) is 40.1 Å². The van der Waals surface area contributed by atoms with Gasteiger partial charge in [0.25, 0.3) is 61.7 Å². The third-order valence-corrected chi connectivity index (χ3v) is 18.7. The lowest BCUT2D eigenvalue weighted by molar-refractivity contribution is 0.0686. The second kappa shape index (κ2) is 27.2. The number of carboxylic acids is 2. The molecule has 41 heteroatoms. The Hall–Kier alpha value is -11.1. The molecule has 4 heterocycles. The van der Waals surface area contributed by atoms with E-state index in [1.165, 1.54) is 74.5 Å². The maximum atomic E-state index is 13.7. The molecule has 0 atom stereocenters. The fourth-order valence-corrected chi connectivity index (χ4v) is 12.8. The fourth-order valence-electron chi connectivity index (χ4n) is 9.55. The van der Waals surface area contributed by atoms with Gasteiger partial charge in [-0.1, -0.05) is 54.6 Å². The number of carbonyl (C=O) groups is 2. The molecule has 508 valence electrons. The average Bonchev–Trinajstić information content (AvgIpc) is 1.66. The summed E-state index contributed by atoms with van der Waals surface area (Å²) in [5, 5.41) is 40.1. The molecule has 0 radical (unpaired) electrons. The van der Waals surface area contributed by atoms with Gasteiger partial charge < -0.3 is 19.8 Å². The van der Waals surface area contributed by atoms with E-state index in [1.54, 1.807) is 4.90 Å². The van der Waals surface area contributed by atoms with Gasteiger partial charge >= 0.3 is 11.9 Å². The van der Waals surface area contributed by atoms with Crippen molar-refractivity contribution >= 4 is 127 Å². The minimum Gasteiger partial charge on any atom is -0.478 e. The van der Waals surface area contributed by atoms with Crippen LogP contribution in [-0.4, -0.2) is 148 Å². The number of H-pyrrole nitrogens is 4. The molecule has 3 aromatic heterocycles. The van der Waals surface area contributed by atoms with E-state index in [0.717, 1.165) is 82.2 Å². The van der Waals surface area contributed by atoms with Gasteiger partial charge in [-0.25, -0.2) is 28.9 Å². The molecule has 36 nitrogen and oxygen atoms in total. The molecule has 9 aromatic rings. The number of aromatic amines is 4. The molecule has 0 amide bonds. The highest BCUT2D eigenvalue weighted by atomic mass is 32.2. The number of ether oxygens (including phenoxy) is 1. The quantitative estimate of drug-likeness (QED) is 0.0223. The fraction of sp³-hybridized carbons (Fsp3) is 0.105. The molecule has 6 aromatic carbocycles. The molecule has 0 bridgehead atoms. The van der Waals surface area contributed by atoms with E-state index in [9.17, 15) is 94.2 Å². The molecule has 98 heavy (non-hydrogen) atoms. The molecule has 0 unspecified atom stereocenters. The third kappa shape index (κ3) is 15.7. The Labute approximate surface area is 551 Å². The Kier molecular flexibility index (Phi) is 19.3. The highest BCUT2D eigenvalue weighted by Crippen LogP contribution is 2.32. The molecule has 10 rings (SSSR count). The number of nitrogens with one attached hydrogen (secondary N) is 4. The minimum atomic E-state index is -5.19. The first-order chi connectivity index (χ1) is 46.0. The predicted molar refractivity (Wildman–Crippen MR) is 344 cm³/mol. The highest BCUT2D eigenvalue weighted by molar-refractivity contribution is 7.87. The number of morpholine rings is 1. The number of anilines is 1. The van der Waals surface area contributed by atoms with Crippen molar-refractivity contribution < 1.29 is 89.4 Å². The standard InChI is InChI=1S/C57H48N14O22S5/c1-30-49(66-64-43-19-17-39(94(78,79)80)29-41(43)54(76)77)51(72)70(67-30)37-16-20-45(95(81,82)83)35(26-37)11-10-34-12-14-36(27-46(34)96(84,85)86)58-55-60-56(62-57(61-55)69-21-23-93-24-22-69)59-44-18-8-32(25-48(44)98(90,91)92)7-9-33-13-15-38(28-47(33)97(87,88)89)71-52(73)50(31(2)68-71)65-63-42-6-4-3-5-40(42)53(74)75/h3-20,25-29,67-68H,21-24H2,1-2H3,(H,74,75)(H,76,77)(H,78,79,80)(H,81,82,83)(H,84,85,86)(H,87,88,89)(H,90,91,92)(H2,58,59,60,61,62)/b9-7+,11-10+,65-63?,66-64?.